The van der Waals surface area contributed by atoms with E-state index in [0.29, 0.717) is 5.92 Å². The minimum Gasteiger partial charge on any atom is -0.241 e. The Balaban J connectivity index is 1.90. The quantitative estimate of drug-likeness (QED) is 0.800. The first-order valence-electron chi connectivity index (χ1n) is 6.58. The molecule has 2 nitrogen and oxygen atoms in total. The maximum atomic E-state index is 4.24. The van der Waals surface area contributed by atoms with Gasteiger partial charge in [-0.3, -0.25) is 0 Å². The third-order valence-electron chi connectivity index (χ3n) is 2.92. The van der Waals surface area contributed by atoms with Gasteiger partial charge in [-0.25, -0.2) is 9.97 Å². The summed E-state index contributed by atoms with van der Waals surface area (Å²) in [5.74, 6) is 1.64. The molecule has 0 saturated carbocycles. The number of hydrogen-bond donors (Lipinski definition) is 0. The molecule has 0 aliphatic rings. The summed E-state index contributed by atoms with van der Waals surface area (Å²) in [5, 5.41) is 0. The maximum Gasteiger partial charge on any atom is 0.128 e. The summed E-state index contributed by atoms with van der Waals surface area (Å²) in [6, 6.07) is 10.8. The molecule has 0 fully saturated rings. The van der Waals surface area contributed by atoms with Crippen molar-refractivity contribution in [2.45, 2.75) is 33.1 Å². The number of aryl methyl sites for hydroxylation is 2. The van der Waals surface area contributed by atoms with E-state index in [1.165, 1.54) is 11.1 Å². The van der Waals surface area contributed by atoms with Crippen molar-refractivity contribution in [2.75, 3.05) is 0 Å². The molecule has 18 heavy (non-hydrogen) atoms. The molecule has 0 spiro atoms. The minimum absolute atomic E-state index is 0.716. The second-order valence-corrected chi connectivity index (χ2v) is 5.08. The molecule has 0 unspecified atom stereocenters. The Morgan fingerprint density at radius 1 is 0.889 bits per heavy atom. The van der Waals surface area contributed by atoms with Gasteiger partial charge in [-0.2, -0.15) is 0 Å². The second-order valence-electron chi connectivity index (χ2n) is 5.08. The Morgan fingerprint density at radius 3 is 2.11 bits per heavy atom. The van der Waals surface area contributed by atoms with Gasteiger partial charge in [0.15, 0.2) is 0 Å². The molecule has 2 aromatic rings. The van der Waals surface area contributed by atoms with Crippen molar-refractivity contribution in [3.05, 3.63) is 59.7 Å². The summed E-state index contributed by atoms with van der Waals surface area (Å²) in [4.78, 5) is 8.48. The average Bonchev–Trinajstić information content (AvgIpc) is 2.38. The van der Waals surface area contributed by atoms with Crippen molar-refractivity contribution in [3.63, 3.8) is 0 Å². The van der Waals surface area contributed by atoms with Crippen LogP contribution in [0.2, 0.25) is 0 Å². The van der Waals surface area contributed by atoms with Crippen LogP contribution in [0.5, 0.6) is 0 Å². The molecule has 0 bridgehead atoms. The van der Waals surface area contributed by atoms with E-state index in [4.69, 9.17) is 0 Å². The van der Waals surface area contributed by atoms with Gasteiger partial charge in [0.1, 0.15) is 5.82 Å². The number of benzene rings is 1. The lowest BCUT2D eigenvalue weighted by molar-refractivity contribution is 0.647. The molecule has 1 aromatic carbocycles. The molecule has 0 atom stereocenters. The normalized spacial score (nSPS) is 10.8. The number of aromatic nitrogens is 2. The van der Waals surface area contributed by atoms with Crippen molar-refractivity contribution in [1.82, 2.24) is 9.97 Å². The first kappa shape index (κ1) is 12.7. The predicted molar refractivity (Wildman–Crippen MR) is 74.4 cm³/mol. The van der Waals surface area contributed by atoms with Crippen molar-refractivity contribution >= 4 is 0 Å². The first-order chi connectivity index (χ1) is 8.74. The van der Waals surface area contributed by atoms with E-state index in [2.05, 4.69) is 48.1 Å². The Morgan fingerprint density at radius 2 is 1.50 bits per heavy atom. The van der Waals surface area contributed by atoms with Gasteiger partial charge in [-0.05, 0) is 36.0 Å². The van der Waals surface area contributed by atoms with E-state index in [1.54, 1.807) is 12.4 Å². The Bertz CT molecular complexity index is 460. The van der Waals surface area contributed by atoms with Gasteiger partial charge in [0, 0.05) is 18.8 Å². The molecular weight excluding hydrogens is 220 g/mol. The summed E-state index contributed by atoms with van der Waals surface area (Å²) in [7, 11) is 0. The number of rotatable bonds is 5. The molecule has 0 aliphatic carbocycles. The molecule has 2 rings (SSSR count). The molecule has 2 heteroatoms. The Labute approximate surface area is 109 Å². The third-order valence-corrected chi connectivity index (χ3v) is 2.92. The minimum atomic E-state index is 0.716. The van der Waals surface area contributed by atoms with Gasteiger partial charge in [-0.1, -0.05) is 38.1 Å². The van der Waals surface area contributed by atoms with E-state index >= 15 is 0 Å². The van der Waals surface area contributed by atoms with E-state index in [-0.39, 0.29) is 0 Å². The fourth-order valence-electron chi connectivity index (χ4n) is 2.03. The van der Waals surface area contributed by atoms with Crippen molar-refractivity contribution in [2.24, 2.45) is 5.92 Å². The lowest BCUT2D eigenvalue weighted by Crippen LogP contribution is -1.98. The van der Waals surface area contributed by atoms with E-state index in [0.717, 1.165) is 25.1 Å². The summed E-state index contributed by atoms with van der Waals surface area (Å²) in [6.45, 7) is 4.50. The van der Waals surface area contributed by atoms with Gasteiger partial charge in [0.2, 0.25) is 0 Å². The molecule has 94 valence electrons. The lowest BCUT2D eigenvalue weighted by Gasteiger charge is -2.06. The van der Waals surface area contributed by atoms with Gasteiger partial charge < -0.3 is 0 Å². The van der Waals surface area contributed by atoms with Gasteiger partial charge >= 0.3 is 0 Å². The van der Waals surface area contributed by atoms with Gasteiger partial charge in [-0.15, -0.1) is 0 Å². The highest BCUT2D eigenvalue weighted by Gasteiger charge is 2.00. The molecule has 1 heterocycles. The lowest BCUT2D eigenvalue weighted by atomic mass is 10.0. The van der Waals surface area contributed by atoms with Gasteiger partial charge in [0.25, 0.3) is 0 Å². The van der Waals surface area contributed by atoms with Crippen LogP contribution >= 0.6 is 0 Å². The zero-order valence-corrected chi connectivity index (χ0v) is 11.1. The Hall–Kier alpha value is -1.70. The third kappa shape index (κ3) is 3.95. The van der Waals surface area contributed by atoms with Crippen LogP contribution in [-0.2, 0) is 19.3 Å². The number of nitrogens with zero attached hydrogens (tertiary/aromatic N) is 2. The highest BCUT2D eigenvalue weighted by molar-refractivity contribution is 5.23. The highest BCUT2D eigenvalue weighted by Crippen LogP contribution is 2.11. The van der Waals surface area contributed by atoms with Crippen molar-refractivity contribution in [3.8, 4) is 0 Å². The monoisotopic (exact) mass is 240 g/mol. The SMILES string of the molecule is CC(C)Cc1ccc(CCc2ncccn2)cc1. The fourth-order valence-corrected chi connectivity index (χ4v) is 2.03. The van der Waals surface area contributed by atoms with Crippen LogP contribution in [0.4, 0.5) is 0 Å². The van der Waals surface area contributed by atoms with Crippen LogP contribution in [0.15, 0.2) is 42.7 Å². The largest absolute Gasteiger partial charge is 0.241 e. The molecule has 0 amide bonds. The van der Waals surface area contributed by atoms with Crippen LogP contribution in [0.3, 0.4) is 0 Å². The fraction of sp³-hybridized carbons (Fsp3) is 0.375. The van der Waals surface area contributed by atoms with Crippen LogP contribution in [0.1, 0.15) is 30.8 Å². The van der Waals surface area contributed by atoms with Crippen molar-refractivity contribution < 1.29 is 0 Å². The summed E-state index contributed by atoms with van der Waals surface area (Å²) >= 11 is 0. The van der Waals surface area contributed by atoms with Crippen LogP contribution in [0, 0.1) is 5.92 Å². The van der Waals surface area contributed by atoms with E-state index in [1.807, 2.05) is 6.07 Å². The molecule has 0 radical (unpaired) electrons. The van der Waals surface area contributed by atoms with Crippen molar-refractivity contribution in [1.29, 1.82) is 0 Å². The molecule has 0 aliphatic heterocycles. The summed E-state index contributed by atoms with van der Waals surface area (Å²) in [6.07, 6.45) is 6.67. The van der Waals surface area contributed by atoms with Gasteiger partial charge in [0.05, 0.1) is 0 Å². The zero-order chi connectivity index (χ0) is 12.8. The maximum absolute atomic E-state index is 4.24. The van der Waals surface area contributed by atoms with E-state index in [9.17, 15) is 0 Å². The molecular formula is C16H20N2. The first-order valence-corrected chi connectivity index (χ1v) is 6.58. The van der Waals surface area contributed by atoms with Crippen LogP contribution in [-0.4, -0.2) is 9.97 Å². The second kappa shape index (κ2) is 6.29. The molecule has 0 N–H and O–H groups in total. The standard InChI is InChI=1S/C16H20N2/c1-13(2)12-15-6-4-14(5-7-15)8-9-16-17-10-3-11-18-16/h3-7,10-11,13H,8-9,12H2,1-2H3. The Kier molecular flexibility index (Phi) is 4.46. The van der Waals surface area contributed by atoms with Crippen LogP contribution in [0.25, 0.3) is 0 Å². The molecule has 1 aromatic heterocycles. The van der Waals surface area contributed by atoms with E-state index < -0.39 is 0 Å². The zero-order valence-electron chi connectivity index (χ0n) is 11.1. The topological polar surface area (TPSA) is 25.8 Å². The average molecular weight is 240 g/mol. The summed E-state index contributed by atoms with van der Waals surface area (Å²) in [5.41, 5.74) is 2.78. The number of hydrogen-bond acceptors (Lipinski definition) is 2. The highest BCUT2D eigenvalue weighted by atomic mass is 14.8. The van der Waals surface area contributed by atoms with Crippen LogP contribution < -0.4 is 0 Å². The molecule has 0 saturated heterocycles. The smallest absolute Gasteiger partial charge is 0.128 e. The predicted octanol–water partition coefficient (Wildman–Crippen LogP) is 3.46. The summed E-state index contributed by atoms with van der Waals surface area (Å²) < 4.78 is 0.